The summed E-state index contributed by atoms with van der Waals surface area (Å²) in [4.78, 5) is 31.6. The van der Waals surface area contributed by atoms with Crippen LogP contribution >= 0.6 is 11.6 Å². The Morgan fingerprint density at radius 3 is 2.65 bits per heavy atom. The number of nitrogens with one attached hydrogen (secondary N) is 2. The number of nitrogens with zero attached hydrogens (tertiary/aromatic N) is 2. The fraction of sp³-hybridized carbons (Fsp3) is 0.441. The highest BCUT2D eigenvalue weighted by Crippen LogP contribution is 2.45. The van der Waals surface area contributed by atoms with Gasteiger partial charge in [0.25, 0.3) is 5.91 Å². The molecule has 3 N–H and O–H groups in total. The molecule has 8 nitrogen and oxygen atoms in total. The van der Waals surface area contributed by atoms with Crippen LogP contribution in [0.2, 0.25) is 5.02 Å². The Kier molecular flexibility index (Phi) is 11.2. The lowest BCUT2D eigenvalue weighted by molar-refractivity contribution is -0.0565. The Morgan fingerprint density at radius 1 is 1.19 bits per heavy atom. The molecule has 0 unspecified atom stereocenters. The van der Waals surface area contributed by atoms with E-state index in [0.29, 0.717) is 54.5 Å². The maximum atomic E-state index is 13.6. The summed E-state index contributed by atoms with van der Waals surface area (Å²) in [5, 5.41) is 19.0. The number of pyridine rings is 1. The molecule has 0 spiro atoms. The number of amides is 2. The smallest absolute Gasteiger partial charge is 0.406 e. The maximum absolute atomic E-state index is 13.6. The quantitative estimate of drug-likeness (QED) is 0.227. The van der Waals surface area contributed by atoms with E-state index in [1.165, 1.54) is 7.11 Å². The van der Waals surface area contributed by atoms with Gasteiger partial charge in [-0.15, -0.1) is 0 Å². The molecular weight excluding hydrogens is 564 g/mol. The van der Waals surface area contributed by atoms with Crippen molar-refractivity contribution in [2.24, 2.45) is 5.92 Å². The first-order valence-corrected chi connectivity index (χ1v) is 15.4. The summed E-state index contributed by atoms with van der Waals surface area (Å²) in [5.41, 5.74) is 3.81. The molecule has 0 aliphatic carbocycles. The normalized spacial score (nSPS) is 16.5. The molecule has 43 heavy (non-hydrogen) atoms. The number of methoxy groups -OCH3 is 1. The van der Waals surface area contributed by atoms with Crippen LogP contribution in [-0.2, 0) is 16.9 Å². The number of benzene rings is 2. The Bertz CT molecular complexity index is 1400. The molecule has 2 heterocycles. The summed E-state index contributed by atoms with van der Waals surface area (Å²) >= 11 is 6.84. The van der Waals surface area contributed by atoms with Crippen molar-refractivity contribution in [2.75, 3.05) is 33.8 Å². The molecule has 0 bridgehead atoms. The first-order chi connectivity index (χ1) is 20.7. The fourth-order valence-electron chi connectivity index (χ4n) is 5.99. The fourth-order valence-corrected chi connectivity index (χ4v) is 6.26. The van der Waals surface area contributed by atoms with Gasteiger partial charge in [0.2, 0.25) is 0 Å². The van der Waals surface area contributed by atoms with E-state index in [4.69, 9.17) is 16.3 Å². The van der Waals surface area contributed by atoms with Gasteiger partial charge in [-0.05, 0) is 67.5 Å². The van der Waals surface area contributed by atoms with Gasteiger partial charge in [0.1, 0.15) is 0 Å². The van der Waals surface area contributed by atoms with Crippen molar-refractivity contribution in [3.63, 3.8) is 0 Å². The average Bonchev–Trinajstić information content (AvgIpc) is 3.03. The zero-order valence-corrected chi connectivity index (χ0v) is 26.3. The van der Waals surface area contributed by atoms with Crippen LogP contribution in [0.5, 0.6) is 0 Å². The first-order valence-electron chi connectivity index (χ1n) is 15.0. The largest absolute Gasteiger partial charge is 0.453 e. The van der Waals surface area contributed by atoms with E-state index in [0.717, 1.165) is 41.6 Å². The van der Waals surface area contributed by atoms with E-state index in [2.05, 4.69) is 41.6 Å². The number of alkyl carbamates (subject to hydrolysis) is 1. The maximum Gasteiger partial charge on any atom is 0.406 e. The van der Waals surface area contributed by atoms with E-state index in [1.807, 2.05) is 48.3 Å². The second kappa shape index (κ2) is 14.8. The second-order valence-corrected chi connectivity index (χ2v) is 12.0. The van der Waals surface area contributed by atoms with Gasteiger partial charge < -0.3 is 25.4 Å². The van der Waals surface area contributed by atoms with E-state index in [-0.39, 0.29) is 11.8 Å². The molecule has 9 heteroatoms. The molecule has 1 aliphatic heterocycles. The summed E-state index contributed by atoms with van der Waals surface area (Å²) in [5.74, 6) is -0.0128. The molecule has 0 radical (unpaired) electrons. The number of hydrogen-bond acceptors (Lipinski definition) is 6. The van der Waals surface area contributed by atoms with Gasteiger partial charge >= 0.3 is 6.09 Å². The Labute approximate surface area is 259 Å². The first kappa shape index (κ1) is 32.5. The molecule has 2 aromatic carbocycles. The Hall–Kier alpha value is -3.46. The number of aliphatic hydroxyl groups is 1. The summed E-state index contributed by atoms with van der Waals surface area (Å²) in [6, 6.07) is 15.9. The van der Waals surface area contributed by atoms with Gasteiger partial charge in [-0.3, -0.25) is 9.78 Å². The zero-order valence-electron chi connectivity index (χ0n) is 25.5. The van der Waals surface area contributed by atoms with Crippen LogP contribution < -0.4 is 10.6 Å². The minimum Gasteiger partial charge on any atom is -0.453 e. The average molecular weight is 607 g/mol. The number of likely N-dealkylation sites (tertiary alicyclic amines) is 1. The molecule has 0 saturated carbocycles. The summed E-state index contributed by atoms with van der Waals surface area (Å²) in [6.07, 6.45) is 5.10. The van der Waals surface area contributed by atoms with Gasteiger partial charge in [0, 0.05) is 61.2 Å². The minimum atomic E-state index is -1.37. The van der Waals surface area contributed by atoms with Crippen LogP contribution in [0.25, 0.3) is 11.1 Å². The molecule has 2 amide bonds. The van der Waals surface area contributed by atoms with Crippen LogP contribution in [0.3, 0.4) is 0 Å². The zero-order chi connectivity index (χ0) is 31.0. The van der Waals surface area contributed by atoms with Crippen molar-refractivity contribution < 1.29 is 19.4 Å². The van der Waals surface area contributed by atoms with Crippen molar-refractivity contribution in [2.45, 2.75) is 57.6 Å². The number of ether oxygens (including phenoxy) is 1. The van der Waals surface area contributed by atoms with Crippen LogP contribution in [0.1, 0.15) is 72.5 Å². The third kappa shape index (κ3) is 7.74. The lowest BCUT2D eigenvalue weighted by Gasteiger charge is -2.43. The van der Waals surface area contributed by atoms with E-state index >= 15 is 0 Å². The lowest BCUT2D eigenvalue weighted by Crippen LogP contribution is -2.48. The molecule has 1 fully saturated rings. The van der Waals surface area contributed by atoms with E-state index in [9.17, 15) is 14.7 Å². The molecule has 1 aromatic heterocycles. The molecule has 1 saturated heterocycles. The predicted molar refractivity (Wildman–Crippen MR) is 170 cm³/mol. The highest BCUT2D eigenvalue weighted by molar-refractivity contribution is 6.33. The third-order valence-electron chi connectivity index (χ3n) is 8.36. The minimum absolute atomic E-state index is 0.0514. The second-order valence-electron chi connectivity index (χ2n) is 11.6. The molecule has 3 aromatic rings. The highest BCUT2D eigenvalue weighted by Gasteiger charge is 2.43. The van der Waals surface area contributed by atoms with Crippen molar-refractivity contribution in [3.05, 3.63) is 88.2 Å². The number of piperidine rings is 1. The van der Waals surface area contributed by atoms with E-state index in [1.54, 1.807) is 12.4 Å². The van der Waals surface area contributed by atoms with E-state index < -0.39 is 11.7 Å². The Morgan fingerprint density at radius 2 is 1.95 bits per heavy atom. The molecule has 2 atom stereocenters. The van der Waals surface area contributed by atoms with Gasteiger partial charge in [0.15, 0.2) is 0 Å². The van der Waals surface area contributed by atoms with Crippen molar-refractivity contribution in [3.8, 4) is 11.1 Å². The Balaban J connectivity index is 1.70. The topological polar surface area (TPSA) is 104 Å². The number of aromatic nitrogens is 1. The van der Waals surface area contributed by atoms with Gasteiger partial charge in [-0.1, -0.05) is 61.8 Å². The summed E-state index contributed by atoms with van der Waals surface area (Å²) < 4.78 is 4.72. The monoisotopic (exact) mass is 606 g/mol. The van der Waals surface area contributed by atoms with Crippen LogP contribution in [0.4, 0.5) is 4.79 Å². The molecule has 230 valence electrons. The molecule has 1 aliphatic rings. The number of halogens is 1. The van der Waals surface area contributed by atoms with Crippen molar-refractivity contribution in [1.82, 2.24) is 20.5 Å². The summed E-state index contributed by atoms with van der Waals surface area (Å²) in [6.45, 7) is 6.34. The van der Waals surface area contributed by atoms with Gasteiger partial charge in [0.05, 0.1) is 17.7 Å². The predicted octanol–water partition coefficient (Wildman–Crippen LogP) is 6.12. The number of carbonyl (C=O) groups is 2. The van der Waals surface area contributed by atoms with Crippen molar-refractivity contribution in [1.29, 1.82) is 0 Å². The van der Waals surface area contributed by atoms with Crippen LogP contribution in [0.15, 0.2) is 60.9 Å². The highest BCUT2D eigenvalue weighted by atomic mass is 35.5. The third-order valence-corrected chi connectivity index (χ3v) is 8.65. The number of carbonyl (C=O) groups excluding carboxylic acids is 2. The molecule has 4 rings (SSSR count). The van der Waals surface area contributed by atoms with Crippen LogP contribution in [0, 0.1) is 5.92 Å². The molecular formula is C34H43ClN4O4. The summed E-state index contributed by atoms with van der Waals surface area (Å²) in [7, 11) is 3.21. The number of hydrogen-bond donors (Lipinski definition) is 3. The van der Waals surface area contributed by atoms with Crippen molar-refractivity contribution >= 4 is 23.6 Å². The number of rotatable bonds is 11. The van der Waals surface area contributed by atoms with Gasteiger partial charge in [-0.25, -0.2) is 4.79 Å². The SMILES string of the molecule is CNCc1ccc(C(=O)N2CCC[C@@H]([C@@](O)(CCCNC(=O)OC)c3cncc(Cl)c3-c3cccc(C(C)C)c3)C2)cc1. The lowest BCUT2D eigenvalue weighted by atomic mass is 9.72. The van der Waals surface area contributed by atoms with Crippen LogP contribution in [-0.4, -0.2) is 60.8 Å². The standard InChI is InChI=1S/C34H43ClN4O4/c1-23(2)26-8-5-9-27(18-26)31-29(20-37-21-30(31)35)34(42,15-7-16-38-33(41)43-4)28-10-6-17-39(22-28)32(40)25-13-11-24(12-14-25)19-36-3/h5,8-9,11-14,18,20-21,23,28,36,42H,6-7,10,15-17,19,22H2,1-4H3,(H,38,41)/t28-,34+/m1/s1. The van der Waals surface area contributed by atoms with Gasteiger partial charge in [-0.2, -0.15) is 0 Å².